The molecule has 0 amide bonds. The summed E-state index contributed by atoms with van der Waals surface area (Å²) in [6.45, 7) is 2.76. The van der Waals surface area contributed by atoms with Crippen LogP contribution in [0.15, 0.2) is 58.9 Å². The highest BCUT2D eigenvalue weighted by Crippen LogP contribution is 2.22. The molecule has 3 nitrogen and oxygen atoms in total. The van der Waals surface area contributed by atoms with Gasteiger partial charge < -0.3 is 10.2 Å². The van der Waals surface area contributed by atoms with Gasteiger partial charge in [0.1, 0.15) is 0 Å². The SMILES string of the molecule is CN=C(NCc1cccs1)N1CC=C(c2ccccc2)CC1. The van der Waals surface area contributed by atoms with Crippen LogP contribution >= 0.6 is 11.3 Å². The predicted molar refractivity (Wildman–Crippen MR) is 95.1 cm³/mol. The summed E-state index contributed by atoms with van der Waals surface area (Å²) in [4.78, 5) is 8.05. The summed E-state index contributed by atoms with van der Waals surface area (Å²) in [6, 6.07) is 14.9. The highest BCUT2D eigenvalue weighted by Gasteiger charge is 2.15. The van der Waals surface area contributed by atoms with Gasteiger partial charge in [0.25, 0.3) is 0 Å². The van der Waals surface area contributed by atoms with E-state index < -0.39 is 0 Å². The molecule has 0 atom stereocenters. The van der Waals surface area contributed by atoms with Crippen LogP contribution in [0, 0.1) is 0 Å². The van der Waals surface area contributed by atoms with Crippen LogP contribution in [0.2, 0.25) is 0 Å². The van der Waals surface area contributed by atoms with Crippen LogP contribution in [0.1, 0.15) is 16.9 Å². The van der Waals surface area contributed by atoms with E-state index in [4.69, 9.17) is 0 Å². The van der Waals surface area contributed by atoms with Crippen LogP contribution in [0.3, 0.4) is 0 Å². The van der Waals surface area contributed by atoms with Crippen LogP contribution in [-0.4, -0.2) is 31.0 Å². The van der Waals surface area contributed by atoms with Gasteiger partial charge in [0.15, 0.2) is 5.96 Å². The van der Waals surface area contributed by atoms with Crippen LogP contribution in [0.4, 0.5) is 0 Å². The maximum Gasteiger partial charge on any atom is 0.194 e. The second-order valence-corrected chi connectivity index (χ2v) is 6.30. The molecule has 0 saturated heterocycles. The molecule has 1 N–H and O–H groups in total. The first-order valence-electron chi connectivity index (χ1n) is 7.59. The standard InChI is InChI=1S/C18H21N3S/c1-19-18(20-14-17-8-5-13-22-17)21-11-9-16(10-12-21)15-6-3-2-4-7-15/h2-9,13H,10-12,14H2,1H3,(H,19,20). The average Bonchev–Trinajstić information content (AvgIpc) is 3.10. The van der Waals surface area contributed by atoms with Crippen molar-refractivity contribution in [1.82, 2.24) is 10.2 Å². The number of nitrogens with zero attached hydrogens (tertiary/aromatic N) is 2. The quantitative estimate of drug-likeness (QED) is 0.692. The number of benzene rings is 1. The molecular weight excluding hydrogens is 290 g/mol. The fraction of sp³-hybridized carbons (Fsp3) is 0.278. The minimum absolute atomic E-state index is 0.843. The zero-order chi connectivity index (χ0) is 15.2. The third kappa shape index (κ3) is 3.57. The van der Waals surface area contributed by atoms with Crippen molar-refractivity contribution < 1.29 is 0 Å². The lowest BCUT2D eigenvalue weighted by molar-refractivity contribution is 0.440. The van der Waals surface area contributed by atoms with Crippen molar-refractivity contribution in [2.75, 3.05) is 20.1 Å². The number of nitrogens with one attached hydrogen (secondary N) is 1. The van der Waals surface area contributed by atoms with Crippen molar-refractivity contribution in [3.63, 3.8) is 0 Å². The first-order valence-corrected chi connectivity index (χ1v) is 8.47. The average molecular weight is 311 g/mol. The second-order valence-electron chi connectivity index (χ2n) is 5.27. The monoisotopic (exact) mass is 311 g/mol. The smallest absolute Gasteiger partial charge is 0.194 e. The van der Waals surface area contributed by atoms with E-state index in [1.807, 2.05) is 7.05 Å². The number of hydrogen-bond donors (Lipinski definition) is 1. The van der Waals surface area contributed by atoms with Gasteiger partial charge in [-0.1, -0.05) is 42.5 Å². The Hall–Kier alpha value is -2.07. The molecule has 22 heavy (non-hydrogen) atoms. The molecule has 4 heteroatoms. The van der Waals surface area contributed by atoms with Crippen LogP contribution < -0.4 is 5.32 Å². The van der Waals surface area contributed by atoms with Crippen LogP contribution in [0.25, 0.3) is 5.57 Å². The van der Waals surface area contributed by atoms with Crippen molar-refractivity contribution in [1.29, 1.82) is 0 Å². The second kappa shape index (κ2) is 7.27. The molecule has 3 rings (SSSR count). The summed E-state index contributed by atoms with van der Waals surface area (Å²) in [7, 11) is 1.85. The Kier molecular flexibility index (Phi) is 4.91. The molecule has 1 aliphatic heterocycles. The normalized spacial score (nSPS) is 15.6. The van der Waals surface area contributed by atoms with Gasteiger partial charge in [-0.3, -0.25) is 4.99 Å². The van der Waals surface area contributed by atoms with Gasteiger partial charge in [0.2, 0.25) is 0 Å². The fourth-order valence-electron chi connectivity index (χ4n) is 2.69. The van der Waals surface area contributed by atoms with E-state index in [2.05, 4.69) is 69.1 Å². The molecule has 1 aliphatic rings. The Balaban J connectivity index is 1.60. The van der Waals surface area contributed by atoms with Gasteiger partial charge in [-0.05, 0) is 29.0 Å². The summed E-state index contributed by atoms with van der Waals surface area (Å²) in [6.07, 6.45) is 3.38. The molecule has 2 aromatic rings. The van der Waals surface area contributed by atoms with E-state index in [-0.39, 0.29) is 0 Å². The van der Waals surface area contributed by atoms with E-state index in [0.717, 1.165) is 32.0 Å². The highest BCUT2D eigenvalue weighted by atomic mass is 32.1. The molecule has 0 saturated carbocycles. The largest absolute Gasteiger partial charge is 0.351 e. The zero-order valence-corrected chi connectivity index (χ0v) is 13.6. The summed E-state index contributed by atoms with van der Waals surface area (Å²) >= 11 is 1.77. The number of thiophene rings is 1. The van der Waals surface area contributed by atoms with E-state index in [1.165, 1.54) is 16.0 Å². The molecule has 0 spiro atoms. The van der Waals surface area contributed by atoms with Gasteiger partial charge in [-0.2, -0.15) is 0 Å². The highest BCUT2D eigenvalue weighted by molar-refractivity contribution is 7.09. The Morgan fingerprint density at radius 3 is 2.73 bits per heavy atom. The Morgan fingerprint density at radius 1 is 1.23 bits per heavy atom. The summed E-state index contributed by atoms with van der Waals surface area (Å²) in [5.41, 5.74) is 2.77. The molecule has 0 aliphatic carbocycles. The van der Waals surface area contributed by atoms with Gasteiger partial charge in [-0.25, -0.2) is 0 Å². The minimum atomic E-state index is 0.843. The molecule has 114 valence electrons. The maximum atomic E-state index is 4.42. The zero-order valence-electron chi connectivity index (χ0n) is 12.8. The van der Waals surface area contributed by atoms with Crippen molar-refractivity contribution in [2.24, 2.45) is 4.99 Å². The first kappa shape index (κ1) is 14.9. The predicted octanol–water partition coefficient (Wildman–Crippen LogP) is 3.61. The van der Waals surface area contributed by atoms with Gasteiger partial charge >= 0.3 is 0 Å². The van der Waals surface area contributed by atoms with E-state index in [1.54, 1.807) is 11.3 Å². The van der Waals surface area contributed by atoms with Crippen LogP contribution in [-0.2, 0) is 6.54 Å². The topological polar surface area (TPSA) is 27.6 Å². The first-order chi connectivity index (χ1) is 10.9. The molecule has 2 heterocycles. The lowest BCUT2D eigenvalue weighted by Crippen LogP contribution is -2.43. The third-order valence-corrected chi connectivity index (χ3v) is 4.74. The summed E-state index contributed by atoms with van der Waals surface area (Å²) < 4.78 is 0. The van der Waals surface area contributed by atoms with Crippen molar-refractivity contribution in [2.45, 2.75) is 13.0 Å². The van der Waals surface area contributed by atoms with Gasteiger partial charge in [-0.15, -0.1) is 11.3 Å². The van der Waals surface area contributed by atoms with Crippen molar-refractivity contribution in [3.8, 4) is 0 Å². The Morgan fingerprint density at radius 2 is 2.09 bits per heavy atom. The maximum absolute atomic E-state index is 4.42. The number of rotatable bonds is 3. The number of guanidine groups is 1. The molecule has 1 aromatic carbocycles. The molecule has 0 unspecified atom stereocenters. The number of hydrogen-bond acceptors (Lipinski definition) is 2. The summed E-state index contributed by atoms with van der Waals surface area (Å²) in [5, 5.41) is 5.56. The van der Waals surface area contributed by atoms with E-state index in [9.17, 15) is 0 Å². The van der Waals surface area contributed by atoms with Crippen LogP contribution in [0.5, 0.6) is 0 Å². The van der Waals surface area contributed by atoms with E-state index in [0.29, 0.717) is 0 Å². The van der Waals surface area contributed by atoms with Crippen molar-refractivity contribution >= 4 is 22.9 Å². The van der Waals surface area contributed by atoms with Crippen molar-refractivity contribution in [3.05, 3.63) is 64.4 Å². The molecule has 0 fully saturated rings. The number of aliphatic imine (C=N–C) groups is 1. The molecular formula is C18H21N3S. The van der Waals surface area contributed by atoms with Gasteiger partial charge in [0, 0.05) is 25.0 Å². The third-order valence-electron chi connectivity index (χ3n) is 3.87. The molecule has 1 aromatic heterocycles. The summed E-state index contributed by atoms with van der Waals surface area (Å²) in [5.74, 6) is 0.983. The minimum Gasteiger partial charge on any atom is -0.351 e. The van der Waals surface area contributed by atoms with E-state index >= 15 is 0 Å². The molecule has 0 radical (unpaired) electrons. The molecule has 0 bridgehead atoms. The Bertz CT molecular complexity index is 644. The Labute approximate surface area is 136 Å². The van der Waals surface area contributed by atoms with Gasteiger partial charge in [0.05, 0.1) is 6.54 Å². The fourth-order valence-corrected chi connectivity index (χ4v) is 3.33. The lowest BCUT2D eigenvalue weighted by Gasteiger charge is -2.29. The lowest BCUT2D eigenvalue weighted by atomic mass is 10.00.